The van der Waals surface area contributed by atoms with Gasteiger partial charge in [-0.3, -0.25) is 0 Å². The fourth-order valence-corrected chi connectivity index (χ4v) is 1.06. The summed E-state index contributed by atoms with van der Waals surface area (Å²) in [7, 11) is 0. The maximum Gasteiger partial charge on any atom is 0 e. The van der Waals surface area contributed by atoms with E-state index in [0.29, 0.717) is 0 Å². The van der Waals surface area contributed by atoms with Crippen LogP contribution in [-0.4, -0.2) is 0 Å². The molecule has 1 radical (unpaired) electrons. The van der Waals surface area contributed by atoms with Gasteiger partial charge in [-0.05, 0) is 16.8 Å². The van der Waals surface area contributed by atoms with Crippen molar-refractivity contribution < 1.29 is 31.9 Å². The van der Waals surface area contributed by atoms with Crippen LogP contribution in [0.15, 0.2) is 42.5 Å². The summed E-state index contributed by atoms with van der Waals surface area (Å²) in [5, 5.41) is 2.44. The van der Waals surface area contributed by atoms with Gasteiger partial charge in [0.15, 0.2) is 0 Å². The molecule has 0 N–H and O–H groups in total. The zero-order valence-electron chi connectivity index (χ0n) is 6.63. The molecule has 0 aliphatic heterocycles. The predicted molar refractivity (Wildman–Crippen MR) is 42.8 cm³/mol. The molecular weight excluding hydrogens is 221 g/mol. The van der Waals surface area contributed by atoms with E-state index in [4.69, 9.17) is 0 Å². The van der Waals surface area contributed by atoms with Gasteiger partial charge in [0.05, 0.1) is 0 Å². The maximum absolute atomic E-state index is 3.15. The minimum Gasteiger partial charge on any atom is -1.00 e. The Bertz CT molecular complexity index is 281. The molecule has 2 aromatic carbocycles. The molecule has 57 valence electrons. The van der Waals surface area contributed by atoms with Gasteiger partial charge in [0.2, 0.25) is 0 Å². The Hall–Kier alpha value is -0.387. The summed E-state index contributed by atoms with van der Waals surface area (Å²) >= 11 is 0. The predicted octanol–water partition coefficient (Wildman–Crippen LogP) is -0.359. The van der Waals surface area contributed by atoms with E-state index in [-0.39, 0.29) is 31.9 Å². The summed E-state index contributed by atoms with van der Waals surface area (Å²) in [6.07, 6.45) is 0. The standard InChI is InChI=1S/C10H7.ClH.Zn/c1-2-6-10-8-4-3-7-9(10)5-1;;/h1-7H;1H;/p-1. The molecule has 0 atom stereocenters. The zero-order chi connectivity index (χ0) is 6.81. The average Bonchev–Trinajstić information content (AvgIpc) is 2.05. The van der Waals surface area contributed by atoms with Crippen molar-refractivity contribution in [3.63, 3.8) is 0 Å². The SMILES string of the molecule is [Cl-].[Zn].[c]1cccc2ccccc12. The molecule has 12 heavy (non-hydrogen) atoms. The number of hydrogen-bond donors (Lipinski definition) is 0. The van der Waals surface area contributed by atoms with Gasteiger partial charge < -0.3 is 12.4 Å². The van der Waals surface area contributed by atoms with E-state index in [2.05, 4.69) is 24.3 Å². The van der Waals surface area contributed by atoms with Gasteiger partial charge in [0, 0.05) is 19.5 Å². The molecule has 0 saturated heterocycles. The van der Waals surface area contributed by atoms with E-state index in [0.717, 1.165) is 0 Å². The Balaban J connectivity index is 0.000000605. The van der Waals surface area contributed by atoms with Crippen LogP contribution in [0, 0.1) is 6.07 Å². The van der Waals surface area contributed by atoms with Crippen LogP contribution in [0.4, 0.5) is 0 Å². The Morgan fingerprint density at radius 2 is 1.58 bits per heavy atom. The van der Waals surface area contributed by atoms with Gasteiger partial charge >= 0.3 is 0 Å². The van der Waals surface area contributed by atoms with Crippen LogP contribution in [0.1, 0.15) is 0 Å². The molecule has 0 fully saturated rings. The molecular formula is C10H7ClZn-. The number of rotatable bonds is 0. The molecule has 0 bridgehead atoms. The monoisotopic (exact) mass is 226 g/mol. The Kier molecular flexibility index (Phi) is 5.12. The van der Waals surface area contributed by atoms with Crippen molar-refractivity contribution in [3.8, 4) is 0 Å². The number of hydrogen-bond acceptors (Lipinski definition) is 0. The van der Waals surface area contributed by atoms with Gasteiger partial charge in [-0.1, -0.05) is 42.5 Å². The number of benzene rings is 2. The molecule has 0 aromatic heterocycles. The third-order valence-corrected chi connectivity index (χ3v) is 1.57. The van der Waals surface area contributed by atoms with Gasteiger partial charge in [-0.2, -0.15) is 0 Å². The van der Waals surface area contributed by atoms with Crippen LogP contribution in [-0.2, 0) is 19.5 Å². The van der Waals surface area contributed by atoms with Crippen molar-refractivity contribution in [1.29, 1.82) is 0 Å². The van der Waals surface area contributed by atoms with E-state index in [1.165, 1.54) is 10.8 Å². The Morgan fingerprint density at radius 3 is 2.33 bits per heavy atom. The summed E-state index contributed by atoms with van der Waals surface area (Å²) in [6, 6.07) is 17.4. The second-order valence-corrected chi connectivity index (χ2v) is 2.26. The molecule has 0 heterocycles. The van der Waals surface area contributed by atoms with Gasteiger partial charge in [0.1, 0.15) is 0 Å². The molecule has 0 unspecified atom stereocenters. The first-order valence-electron chi connectivity index (χ1n) is 3.32. The normalized spacial score (nSPS) is 8.33. The first kappa shape index (κ1) is 11.6. The molecule has 0 spiro atoms. The Morgan fingerprint density at radius 1 is 0.917 bits per heavy atom. The topological polar surface area (TPSA) is 0 Å². The van der Waals surface area contributed by atoms with Crippen LogP contribution in [0.25, 0.3) is 10.8 Å². The Labute approximate surface area is 91.1 Å². The summed E-state index contributed by atoms with van der Waals surface area (Å²) in [5.74, 6) is 0. The molecule has 0 saturated carbocycles. The van der Waals surface area contributed by atoms with Crippen LogP contribution in [0.3, 0.4) is 0 Å². The van der Waals surface area contributed by atoms with Crippen molar-refractivity contribution in [2.75, 3.05) is 0 Å². The molecule has 0 aliphatic carbocycles. The number of fused-ring (bicyclic) bond motifs is 1. The summed E-state index contributed by atoms with van der Waals surface area (Å²) in [5.41, 5.74) is 0. The van der Waals surface area contributed by atoms with E-state index in [1.807, 2.05) is 24.3 Å². The van der Waals surface area contributed by atoms with E-state index >= 15 is 0 Å². The fourth-order valence-electron chi connectivity index (χ4n) is 1.06. The summed E-state index contributed by atoms with van der Waals surface area (Å²) in [4.78, 5) is 0. The maximum atomic E-state index is 3.15. The minimum atomic E-state index is 0. The van der Waals surface area contributed by atoms with Gasteiger partial charge in [-0.25, -0.2) is 0 Å². The third kappa shape index (κ3) is 2.30. The van der Waals surface area contributed by atoms with Crippen LogP contribution >= 0.6 is 0 Å². The third-order valence-electron chi connectivity index (χ3n) is 1.57. The summed E-state index contributed by atoms with van der Waals surface area (Å²) in [6.45, 7) is 0. The van der Waals surface area contributed by atoms with Crippen LogP contribution < -0.4 is 12.4 Å². The van der Waals surface area contributed by atoms with E-state index < -0.39 is 0 Å². The average molecular weight is 228 g/mol. The van der Waals surface area contributed by atoms with Crippen molar-refractivity contribution in [3.05, 3.63) is 48.5 Å². The van der Waals surface area contributed by atoms with Crippen molar-refractivity contribution in [2.24, 2.45) is 0 Å². The van der Waals surface area contributed by atoms with Crippen molar-refractivity contribution in [1.82, 2.24) is 0 Å². The molecule has 0 amide bonds. The molecule has 2 heteroatoms. The smallest absolute Gasteiger partial charge is 0 e. The van der Waals surface area contributed by atoms with Gasteiger partial charge in [-0.15, -0.1) is 0 Å². The fraction of sp³-hybridized carbons (Fsp3) is 0. The van der Waals surface area contributed by atoms with Gasteiger partial charge in [0.25, 0.3) is 0 Å². The minimum absolute atomic E-state index is 0. The second-order valence-electron chi connectivity index (χ2n) is 2.26. The summed E-state index contributed by atoms with van der Waals surface area (Å²) < 4.78 is 0. The zero-order valence-corrected chi connectivity index (χ0v) is 10.3. The van der Waals surface area contributed by atoms with Crippen molar-refractivity contribution in [2.45, 2.75) is 0 Å². The second kappa shape index (κ2) is 5.29. The van der Waals surface area contributed by atoms with E-state index in [9.17, 15) is 0 Å². The first-order chi connectivity index (χ1) is 4.97. The largest absolute Gasteiger partial charge is 1.00 e. The number of halogens is 1. The molecule has 2 rings (SSSR count). The molecule has 0 nitrogen and oxygen atoms in total. The molecule has 2 aromatic rings. The molecule has 0 aliphatic rings. The first-order valence-corrected chi connectivity index (χ1v) is 3.32. The quantitative estimate of drug-likeness (QED) is 0.540. The van der Waals surface area contributed by atoms with E-state index in [1.54, 1.807) is 0 Å². The van der Waals surface area contributed by atoms with Crippen LogP contribution in [0.5, 0.6) is 0 Å². The van der Waals surface area contributed by atoms with Crippen molar-refractivity contribution >= 4 is 10.8 Å². The van der Waals surface area contributed by atoms with Crippen LogP contribution in [0.2, 0.25) is 0 Å².